The van der Waals surface area contributed by atoms with E-state index in [2.05, 4.69) is 10.6 Å². The molecule has 2 aromatic rings. The van der Waals surface area contributed by atoms with E-state index in [9.17, 15) is 9.59 Å². The molecule has 0 atom stereocenters. The predicted molar refractivity (Wildman–Crippen MR) is 114 cm³/mol. The van der Waals surface area contributed by atoms with Crippen LogP contribution < -0.4 is 15.5 Å². The van der Waals surface area contributed by atoms with Crippen LogP contribution in [-0.4, -0.2) is 58.0 Å². The molecule has 0 unspecified atom stereocenters. The summed E-state index contributed by atoms with van der Waals surface area (Å²) in [4.78, 5) is 29.2. The average Bonchev–Trinajstić information content (AvgIpc) is 2.68. The van der Waals surface area contributed by atoms with E-state index in [1.807, 2.05) is 68.3 Å². The minimum Gasteiger partial charge on any atom is -0.378 e. The molecule has 28 heavy (non-hydrogen) atoms. The molecule has 0 saturated carbocycles. The van der Waals surface area contributed by atoms with Crippen molar-refractivity contribution >= 4 is 23.6 Å². The molecule has 0 aromatic heterocycles. The third kappa shape index (κ3) is 6.55. The number of anilines is 1. The van der Waals surface area contributed by atoms with Crippen molar-refractivity contribution in [3.8, 4) is 0 Å². The lowest BCUT2D eigenvalue weighted by Crippen LogP contribution is -2.37. The maximum atomic E-state index is 12.7. The highest BCUT2D eigenvalue weighted by Gasteiger charge is 2.14. The third-order valence-corrected chi connectivity index (χ3v) is 4.09. The highest BCUT2D eigenvalue weighted by atomic mass is 16.2. The van der Waals surface area contributed by atoms with Gasteiger partial charge in [-0.2, -0.15) is 0 Å². The fraction of sp³-hybridized carbons (Fsp3) is 0.273. The predicted octanol–water partition coefficient (Wildman–Crippen LogP) is 2.20. The summed E-state index contributed by atoms with van der Waals surface area (Å²) >= 11 is 0. The van der Waals surface area contributed by atoms with E-state index >= 15 is 0 Å². The van der Waals surface area contributed by atoms with Crippen LogP contribution in [0.1, 0.15) is 15.9 Å². The van der Waals surface area contributed by atoms with Crippen LogP contribution in [-0.2, 0) is 4.79 Å². The monoisotopic (exact) mass is 380 g/mol. The van der Waals surface area contributed by atoms with Crippen molar-refractivity contribution < 1.29 is 9.59 Å². The van der Waals surface area contributed by atoms with E-state index in [0.29, 0.717) is 18.7 Å². The Morgan fingerprint density at radius 2 is 1.57 bits per heavy atom. The summed E-state index contributed by atoms with van der Waals surface area (Å²) in [5.41, 5.74) is 2.60. The zero-order valence-electron chi connectivity index (χ0n) is 16.9. The van der Waals surface area contributed by atoms with Crippen LogP contribution in [0.2, 0.25) is 0 Å². The molecule has 0 aliphatic rings. The summed E-state index contributed by atoms with van der Waals surface area (Å²) in [6.45, 7) is 1.20. The number of carbonyl (C=O) groups is 2. The van der Waals surface area contributed by atoms with Crippen molar-refractivity contribution in [1.82, 2.24) is 15.5 Å². The first-order valence-corrected chi connectivity index (χ1v) is 9.15. The number of benzene rings is 2. The van der Waals surface area contributed by atoms with Crippen LogP contribution in [0.4, 0.5) is 5.69 Å². The van der Waals surface area contributed by atoms with Crippen molar-refractivity contribution in [3.63, 3.8) is 0 Å². The van der Waals surface area contributed by atoms with E-state index in [-0.39, 0.29) is 17.5 Å². The Bertz CT molecular complexity index is 812. The zero-order valence-corrected chi connectivity index (χ0v) is 16.9. The molecule has 6 nitrogen and oxygen atoms in total. The zero-order chi connectivity index (χ0) is 20.5. The lowest BCUT2D eigenvalue weighted by atomic mass is 10.1. The standard InChI is InChI=1S/C22H28N4O2/c1-25(2)15-14-23-22(28)20(24-21(27)18-8-6-5-7-9-18)16-17-10-12-19(13-11-17)26(3)4/h5-13,16H,14-15H2,1-4H3,(H,23,28)(H,24,27)/b20-16-. The Morgan fingerprint density at radius 3 is 2.14 bits per heavy atom. The van der Waals surface area contributed by atoms with Crippen LogP contribution in [0.5, 0.6) is 0 Å². The fourth-order valence-electron chi connectivity index (χ4n) is 2.47. The fourth-order valence-corrected chi connectivity index (χ4v) is 2.47. The van der Waals surface area contributed by atoms with Crippen molar-refractivity contribution in [1.29, 1.82) is 0 Å². The van der Waals surface area contributed by atoms with Crippen molar-refractivity contribution in [3.05, 3.63) is 71.4 Å². The van der Waals surface area contributed by atoms with Gasteiger partial charge in [0.2, 0.25) is 0 Å². The number of carbonyl (C=O) groups excluding carboxylic acids is 2. The largest absolute Gasteiger partial charge is 0.378 e. The molecule has 0 aliphatic heterocycles. The van der Waals surface area contributed by atoms with E-state index in [1.165, 1.54) is 0 Å². The molecule has 148 valence electrons. The minimum atomic E-state index is -0.320. The molecule has 0 radical (unpaired) electrons. The molecule has 0 aliphatic carbocycles. The van der Waals surface area contributed by atoms with Gasteiger partial charge in [0.15, 0.2) is 0 Å². The van der Waals surface area contributed by atoms with Gasteiger partial charge in [0.25, 0.3) is 11.8 Å². The molecular weight excluding hydrogens is 352 g/mol. The van der Waals surface area contributed by atoms with Crippen LogP contribution in [0.15, 0.2) is 60.3 Å². The van der Waals surface area contributed by atoms with Crippen LogP contribution >= 0.6 is 0 Å². The van der Waals surface area contributed by atoms with Crippen molar-refractivity contribution in [2.45, 2.75) is 0 Å². The minimum absolute atomic E-state index is 0.213. The van der Waals surface area contributed by atoms with Gasteiger partial charge < -0.3 is 20.4 Å². The summed E-state index contributed by atoms with van der Waals surface area (Å²) in [7, 11) is 7.81. The number of hydrogen-bond acceptors (Lipinski definition) is 4. The number of nitrogens with zero attached hydrogens (tertiary/aromatic N) is 2. The number of rotatable bonds is 8. The first-order chi connectivity index (χ1) is 13.4. The lowest BCUT2D eigenvalue weighted by Gasteiger charge is -2.14. The topological polar surface area (TPSA) is 64.7 Å². The average molecular weight is 380 g/mol. The number of likely N-dealkylation sites (N-methyl/N-ethyl adjacent to an activating group) is 1. The summed E-state index contributed by atoms with van der Waals surface area (Å²) in [5, 5.41) is 5.59. The van der Waals surface area contributed by atoms with Gasteiger partial charge in [-0.15, -0.1) is 0 Å². The highest BCUT2D eigenvalue weighted by Crippen LogP contribution is 2.14. The van der Waals surface area contributed by atoms with Gasteiger partial charge in [-0.25, -0.2) is 0 Å². The molecule has 0 spiro atoms. The van der Waals surface area contributed by atoms with Gasteiger partial charge in [-0.3, -0.25) is 9.59 Å². The molecule has 0 bridgehead atoms. The molecule has 2 N–H and O–H groups in total. The second-order valence-corrected chi connectivity index (χ2v) is 6.92. The Morgan fingerprint density at radius 1 is 0.929 bits per heavy atom. The number of amides is 2. The van der Waals surface area contributed by atoms with E-state index in [0.717, 1.165) is 11.3 Å². The van der Waals surface area contributed by atoms with E-state index < -0.39 is 0 Å². The quantitative estimate of drug-likeness (QED) is 0.689. The van der Waals surface area contributed by atoms with Gasteiger partial charge in [0.05, 0.1) is 0 Å². The SMILES string of the molecule is CN(C)CCNC(=O)/C(=C/c1ccc(N(C)C)cc1)NC(=O)c1ccccc1. The van der Waals surface area contributed by atoms with Crippen LogP contribution in [0.3, 0.4) is 0 Å². The van der Waals surface area contributed by atoms with E-state index in [1.54, 1.807) is 30.3 Å². The van der Waals surface area contributed by atoms with Gasteiger partial charge >= 0.3 is 0 Å². The summed E-state index contributed by atoms with van der Waals surface area (Å²) < 4.78 is 0. The Kier molecular flexibility index (Phi) is 7.77. The van der Waals surface area contributed by atoms with Gasteiger partial charge in [-0.1, -0.05) is 30.3 Å². The number of nitrogens with one attached hydrogen (secondary N) is 2. The maximum Gasteiger partial charge on any atom is 0.267 e. The highest BCUT2D eigenvalue weighted by molar-refractivity contribution is 6.05. The third-order valence-electron chi connectivity index (χ3n) is 4.09. The Balaban J connectivity index is 2.21. The van der Waals surface area contributed by atoms with Crippen molar-refractivity contribution in [2.75, 3.05) is 46.2 Å². The molecule has 2 amide bonds. The van der Waals surface area contributed by atoms with Crippen LogP contribution in [0, 0.1) is 0 Å². The summed E-state index contributed by atoms with van der Waals surface area (Å²) in [6, 6.07) is 16.6. The Hall–Kier alpha value is -3.12. The van der Waals surface area contributed by atoms with Crippen molar-refractivity contribution in [2.24, 2.45) is 0 Å². The normalized spacial score (nSPS) is 11.2. The van der Waals surface area contributed by atoms with Crippen LogP contribution in [0.25, 0.3) is 6.08 Å². The molecule has 0 heterocycles. The second-order valence-electron chi connectivity index (χ2n) is 6.92. The summed E-state index contributed by atoms with van der Waals surface area (Å²) in [5.74, 6) is -0.637. The molecule has 6 heteroatoms. The molecule has 2 aromatic carbocycles. The second kappa shape index (κ2) is 10.3. The van der Waals surface area contributed by atoms with Gasteiger partial charge in [0.1, 0.15) is 5.70 Å². The molecule has 0 saturated heterocycles. The smallest absolute Gasteiger partial charge is 0.267 e. The molecule has 2 rings (SSSR count). The Labute approximate surface area is 166 Å². The lowest BCUT2D eigenvalue weighted by molar-refractivity contribution is -0.117. The molecular formula is C22H28N4O2. The van der Waals surface area contributed by atoms with E-state index in [4.69, 9.17) is 0 Å². The van der Waals surface area contributed by atoms with Gasteiger partial charge in [-0.05, 0) is 50.0 Å². The van der Waals surface area contributed by atoms with Gasteiger partial charge in [0, 0.05) is 38.4 Å². The number of hydrogen-bond donors (Lipinski definition) is 2. The maximum absolute atomic E-state index is 12.7. The summed E-state index contributed by atoms with van der Waals surface area (Å²) in [6.07, 6.45) is 1.69. The first kappa shape index (κ1) is 21.2. The first-order valence-electron chi connectivity index (χ1n) is 9.15. The molecule has 0 fully saturated rings.